The summed E-state index contributed by atoms with van der Waals surface area (Å²) < 4.78 is 17.9. The molecule has 1 unspecified atom stereocenters. The highest BCUT2D eigenvalue weighted by Gasteiger charge is 2.43. The van der Waals surface area contributed by atoms with Gasteiger partial charge in [-0.2, -0.15) is 0 Å². The summed E-state index contributed by atoms with van der Waals surface area (Å²) in [5.74, 6) is 0.927. The molecule has 1 fully saturated rings. The number of hydrogen-bond acceptors (Lipinski definition) is 4. The molecule has 2 aliphatic heterocycles. The smallest absolute Gasteiger partial charge is 0.302 e. The first-order chi connectivity index (χ1) is 15.4. The van der Waals surface area contributed by atoms with Gasteiger partial charge in [-0.15, -0.1) is 0 Å². The molecule has 2 aromatic rings. The van der Waals surface area contributed by atoms with Crippen molar-refractivity contribution in [1.82, 2.24) is 0 Å². The second-order valence-corrected chi connectivity index (χ2v) is 10.1. The van der Waals surface area contributed by atoms with Gasteiger partial charge in [0.1, 0.15) is 16.9 Å². The highest BCUT2D eigenvalue weighted by atomic mass is 79.9. The van der Waals surface area contributed by atoms with Gasteiger partial charge >= 0.3 is 5.97 Å². The van der Waals surface area contributed by atoms with Crippen molar-refractivity contribution in [3.8, 4) is 5.75 Å². The first kappa shape index (κ1) is 23.3. The predicted molar refractivity (Wildman–Crippen MR) is 129 cm³/mol. The molecule has 172 valence electrons. The molecule has 2 aliphatic rings. The van der Waals surface area contributed by atoms with Gasteiger partial charge in [-0.05, 0) is 59.6 Å². The Morgan fingerprint density at radius 2 is 1.94 bits per heavy atom. The number of esters is 1. The number of aryl methyl sites for hydroxylation is 2. The van der Waals surface area contributed by atoms with Gasteiger partial charge in [0.05, 0.1) is 12.7 Å². The first-order valence-electron chi connectivity index (χ1n) is 11.7. The van der Waals surface area contributed by atoms with Crippen LogP contribution in [0.25, 0.3) is 0 Å². The van der Waals surface area contributed by atoms with Crippen LogP contribution in [0.1, 0.15) is 68.0 Å². The number of rotatable bonds is 5. The summed E-state index contributed by atoms with van der Waals surface area (Å²) in [6, 6.07) is 13.3. The van der Waals surface area contributed by atoms with E-state index < -0.39 is 0 Å². The lowest BCUT2D eigenvalue weighted by Crippen LogP contribution is -2.45. The van der Waals surface area contributed by atoms with Gasteiger partial charge in [0.2, 0.25) is 0 Å². The molecule has 4 rings (SSSR count). The Morgan fingerprint density at radius 3 is 2.69 bits per heavy atom. The third-order valence-corrected chi connectivity index (χ3v) is 7.86. The fourth-order valence-electron chi connectivity index (χ4n) is 5.05. The van der Waals surface area contributed by atoms with E-state index in [9.17, 15) is 4.79 Å². The molecule has 0 amide bonds. The van der Waals surface area contributed by atoms with E-state index in [1.165, 1.54) is 29.2 Å². The number of hydrogen-bond donors (Lipinski definition) is 0. The highest BCUT2D eigenvalue weighted by molar-refractivity contribution is 9.09. The van der Waals surface area contributed by atoms with Crippen molar-refractivity contribution in [2.45, 2.75) is 70.6 Å². The van der Waals surface area contributed by atoms with Crippen molar-refractivity contribution in [3.63, 3.8) is 0 Å². The van der Waals surface area contributed by atoms with Gasteiger partial charge in [-0.3, -0.25) is 4.79 Å². The van der Waals surface area contributed by atoms with E-state index >= 15 is 0 Å². The predicted octanol–water partition coefficient (Wildman–Crippen LogP) is 6.16. The van der Waals surface area contributed by atoms with Crippen LogP contribution in [-0.4, -0.2) is 23.7 Å². The summed E-state index contributed by atoms with van der Waals surface area (Å²) in [5.41, 5.74) is 6.44. The SMILES string of the molecule is CCc1ccc([C@@H]2OC(Br)[C@@H](C)[C@H](OC(C)=O)[C@H]2C)cc1Cc1ccc2c(c1)CCCO2. The minimum Gasteiger partial charge on any atom is -0.493 e. The average Bonchev–Trinajstić information content (AvgIpc) is 2.79. The van der Waals surface area contributed by atoms with Crippen LogP contribution in [0.15, 0.2) is 36.4 Å². The number of carbonyl (C=O) groups is 1. The van der Waals surface area contributed by atoms with Gasteiger partial charge in [0.25, 0.3) is 0 Å². The molecule has 0 N–H and O–H groups in total. The number of carbonyl (C=O) groups excluding carboxylic acids is 1. The Balaban J connectivity index is 1.62. The van der Waals surface area contributed by atoms with E-state index in [0.29, 0.717) is 0 Å². The summed E-state index contributed by atoms with van der Waals surface area (Å²) in [5, 5.41) is -0.164. The number of alkyl halides is 1. The summed E-state index contributed by atoms with van der Waals surface area (Å²) in [4.78, 5) is 11.7. The van der Waals surface area contributed by atoms with Gasteiger partial charge < -0.3 is 14.2 Å². The Morgan fingerprint density at radius 1 is 1.12 bits per heavy atom. The summed E-state index contributed by atoms with van der Waals surface area (Å²) in [6.45, 7) is 8.67. The van der Waals surface area contributed by atoms with Crippen molar-refractivity contribution >= 4 is 21.9 Å². The molecule has 4 nitrogen and oxygen atoms in total. The van der Waals surface area contributed by atoms with Crippen LogP contribution >= 0.6 is 15.9 Å². The molecule has 2 aromatic carbocycles. The van der Waals surface area contributed by atoms with Crippen LogP contribution < -0.4 is 4.74 Å². The molecule has 0 saturated carbocycles. The van der Waals surface area contributed by atoms with Crippen molar-refractivity contribution in [2.24, 2.45) is 11.8 Å². The largest absolute Gasteiger partial charge is 0.493 e. The fraction of sp³-hybridized carbons (Fsp3) is 0.519. The Labute approximate surface area is 199 Å². The number of halogens is 1. The Hall–Kier alpha value is -1.85. The lowest BCUT2D eigenvalue weighted by Gasteiger charge is -2.42. The van der Waals surface area contributed by atoms with E-state index in [1.807, 2.05) is 0 Å². The van der Waals surface area contributed by atoms with Crippen molar-refractivity contribution < 1.29 is 19.0 Å². The molecule has 0 aromatic heterocycles. The minimum absolute atomic E-state index is 0.0592. The Bertz CT molecular complexity index is 972. The van der Waals surface area contributed by atoms with Crippen molar-refractivity contribution in [2.75, 3.05) is 6.61 Å². The molecular weight excluding hydrogens is 468 g/mol. The quantitative estimate of drug-likeness (QED) is 0.364. The molecule has 0 bridgehead atoms. The van der Waals surface area contributed by atoms with Gasteiger partial charge in [0.15, 0.2) is 0 Å². The van der Waals surface area contributed by atoms with Crippen LogP contribution in [0.5, 0.6) is 5.75 Å². The molecule has 2 heterocycles. The van der Waals surface area contributed by atoms with Crippen molar-refractivity contribution in [3.05, 3.63) is 64.2 Å². The van der Waals surface area contributed by atoms with Crippen LogP contribution in [-0.2, 0) is 33.5 Å². The van der Waals surface area contributed by atoms with Gasteiger partial charge in [-0.25, -0.2) is 0 Å². The third kappa shape index (κ3) is 4.89. The molecular formula is C27H33BrO4. The molecule has 0 aliphatic carbocycles. The van der Waals surface area contributed by atoms with E-state index in [2.05, 4.69) is 73.1 Å². The van der Waals surface area contributed by atoms with Gasteiger partial charge in [-0.1, -0.05) is 67.0 Å². The molecule has 1 saturated heterocycles. The molecule has 5 atom stereocenters. The molecule has 5 heteroatoms. The maximum Gasteiger partial charge on any atom is 0.302 e. The number of fused-ring (bicyclic) bond motifs is 1. The van der Waals surface area contributed by atoms with Gasteiger partial charge in [0, 0.05) is 18.8 Å². The zero-order chi connectivity index (χ0) is 22.8. The van der Waals surface area contributed by atoms with Crippen LogP contribution in [0.2, 0.25) is 0 Å². The van der Waals surface area contributed by atoms with E-state index in [-0.39, 0.29) is 35.0 Å². The number of ether oxygens (including phenoxy) is 3. The molecule has 32 heavy (non-hydrogen) atoms. The first-order valence-corrected chi connectivity index (χ1v) is 12.6. The molecule has 0 radical (unpaired) electrons. The average molecular weight is 501 g/mol. The zero-order valence-electron chi connectivity index (χ0n) is 19.4. The van der Waals surface area contributed by atoms with Crippen LogP contribution in [0, 0.1) is 11.8 Å². The maximum atomic E-state index is 11.7. The van der Waals surface area contributed by atoms with E-state index in [1.54, 1.807) is 0 Å². The second kappa shape index (κ2) is 9.96. The fourth-order valence-corrected chi connectivity index (χ4v) is 5.59. The number of benzene rings is 2. The van der Waals surface area contributed by atoms with E-state index in [4.69, 9.17) is 14.2 Å². The summed E-state index contributed by atoms with van der Waals surface area (Å²) >= 11 is 3.66. The van der Waals surface area contributed by atoms with Crippen LogP contribution in [0.4, 0.5) is 0 Å². The van der Waals surface area contributed by atoms with Crippen LogP contribution in [0.3, 0.4) is 0 Å². The normalized spacial score (nSPS) is 27.3. The summed E-state index contributed by atoms with van der Waals surface area (Å²) in [7, 11) is 0. The third-order valence-electron chi connectivity index (χ3n) is 6.81. The molecule has 0 spiro atoms. The lowest BCUT2D eigenvalue weighted by molar-refractivity contribution is -0.175. The van der Waals surface area contributed by atoms with E-state index in [0.717, 1.165) is 43.6 Å². The topological polar surface area (TPSA) is 44.8 Å². The Kier molecular flexibility index (Phi) is 7.26. The van der Waals surface area contributed by atoms with Crippen molar-refractivity contribution in [1.29, 1.82) is 0 Å². The standard InChI is InChI=1S/C27H33BrO4/c1-5-20-9-10-22(26-16(2)25(31-18(4)29)17(3)27(28)32-26)15-23(20)14-19-8-11-24-21(13-19)7-6-12-30-24/h8-11,13,15-17,25-27H,5-7,12,14H2,1-4H3/t16-,17+,25-,26-,27?/m1/s1. The second-order valence-electron chi connectivity index (χ2n) is 9.15. The monoisotopic (exact) mass is 500 g/mol. The summed E-state index contributed by atoms with van der Waals surface area (Å²) in [6.07, 6.45) is 3.71. The zero-order valence-corrected chi connectivity index (χ0v) is 21.0. The maximum absolute atomic E-state index is 11.7. The lowest BCUT2D eigenvalue weighted by atomic mass is 9.82. The minimum atomic E-state index is -0.243. The highest BCUT2D eigenvalue weighted by Crippen LogP contribution is 2.43.